The number of hydrogen-bond acceptors (Lipinski definition) is 3. The third kappa shape index (κ3) is 4.73. The van der Waals surface area contributed by atoms with Crippen LogP contribution in [0, 0.1) is 22.7 Å². The fraction of sp³-hybridized carbons (Fsp3) is 0.400. The number of ether oxygens (including phenoxy) is 1. The molecule has 0 spiro atoms. The summed E-state index contributed by atoms with van der Waals surface area (Å²) in [5, 5.41) is 20.2. The van der Waals surface area contributed by atoms with E-state index in [0.717, 1.165) is 17.2 Å². The highest BCUT2D eigenvalue weighted by Crippen LogP contribution is 2.26. The molecule has 0 heterocycles. The second-order valence-corrected chi connectivity index (χ2v) is 5.75. The van der Waals surface area contributed by atoms with Crippen LogP contribution in [0.25, 0.3) is 10.8 Å². The summed E-state index contributed by atoms with van der Waals surface area (Å²) in [6.45, 7) is 2.86. The van der Waals surface area contributed by atoms with Gasteiger partial charge in [0.25, 0.3) is 0 Å². The van der Waals surface area contributed by atoms with Gasteiger partial charge in [0, 0.05) is 0 Å². The van der Waals surface area contributed by atoms with E-state index in [9.17, 15) is 5.26 Å². The van der Waals surface area contributed by atoms with Crippen molar-refractivity contribution in [2.75, 3.05) is 6.61 Å². The third-order valence-corrected chi connectivity index (χ3v) is 3.94. The summed E-state index contributed by atoms with van der Waals surface area (Å²) in [4.78, 5) is 0. The molecule has 2 aromatic carbocycles. The zero-order valence-electron chi connectivity index (χ0n) is 13.6. The van der Waals surface area contributed by atoms with Crippen molar-refractivity contribution < 1.29 is 4.74 Å². The molecule has 23 heavy (non-hydrogen) atoms. The molecule has 0 saturated carbocycles. The molecule has 0 radical (unpaired) electrons. The molecule has 0 aliphatic carbocycles. The van der Waals surface area contributed by atoms with Crippen LogP contribution in [0.3, 0.4) is 0 Å². The third-order valence-electron chi connectivity index (χ3n) is 3.94. The highest BCUT2D eigenvalue weighted by atomic mass is 16.5. The Morgan fingerprint density at radius 3 is 2.39 bits per heavy atom. The van der Waals surface area contributed by atoms with Gasteiger partial charge in [0.2, 0.25) is 0 Å². The Morgan fingerprint density at radius 1 is 0.870 bits per heavy atom. The molecule has 0 N–H and O–H groups in total. The maximum Gasteiger partial charge on any atom is 0.137 e. The van der Waals surface area contributed by atoms with Gasteiger partial charge in [0.15, 0.2) is 0 Å². The number of hydrogen-bond donors (Lipinski definition) is 0. The van der Waals surface area contributed by atoms with Crippen LogP contribution in [0.2, 0.25) is 0 Å². The summed E-state index contributed by atoms with van der Waals surface area (Å²) >= 11 is 0. The number of unbranched alkanes of at least 4 members (excludes halogenated alkanes) is 5. The van der Waals surface area contributed by atoms with Crippen molar-refractivity contribution in [3.05, 3.63) is 41.5 Å². The molecule has 0 aromatic heterocycles. The summed E-state index contributed by atoms with van der Waals surface area (Å²) in [5.41, 5.74) is 1.13. The largest absolute Gasteiger partial charge is 0.492 e. The molecule has 118 valence electrons. The van der Waals surface area contributed by atoms with Crippen molar-refractivity contribution in [3.8, 4) is 17.9 Å². The van der Waals surface area contributed by atoms with Crippen molar-refractivity contribution in [1.29, 1.82) is 10.5 Å². The first-order valence-corrected chi connectivity index (χ1v) is 8.29. The van der Waals surface area contributed by atoms with Gasteiger partial charge in [0.05, 0.1) is 23.8 Å². The summed E-state index contributed by atoms with van der Waals surface area (Å²) in [5.74, 6) is 0.637. The second-order valence-electron chi connectivity index (χ2n) is 5.75. The normalized spacial score (nSPS) is 10.2. The predicted octanol–water partition coefficient (Wildman–Crippen LogP) is 5.32. The van der Waals surface area contributed by atoms with E-state index in [-0.39, 0.29) is 0 Å². The first kappa shape index (κ1) is 16.8. The number of rotatable bonds is 8. The molecule has 0 aliphatic heterocycles. The Morgan fingerprint density at radius 2 is 1.65 bits per heavy atom. The first-order valence-electron chi connectivity index (χ1n) is 8.29. The summed E-state index contributed by atoms with van der Waals surface area (Å²) in [6.07, 6.45) is 7.27. The smallest absolute Gasteiger partial charge is 0.137 e. The minimum absolute atomic E-state index is 0.526. The molecule has 2 rings (SSSR count). The van der Waals surface area contributed by atoms with Crippen LogP contribution in [0.1, 0.15) is 56.6 Å². The molecule has 0 amide bonds. The quantitative estimate of drug-likeness (QED) is 0.620. The number of nitrogens with zero attached hydrogens (tertiary/aromatic N) is 2. The average molecular weight is 306 g/mol. The lowest BCUT2D eigenvalue weighted by Gasteiger charge is -2.09. The van der Waals surface area contributed by atoms with E-state index >= 15 is 0 Å². The number of nitriles is 2. The van der Waals surface area contributed by atoms with Gasteiger partial charge in [-0.3, -0.25) is 0 Å². The van der Waals surface area contributed by atoms with Gasteiger partial charge >= 0.3 is 0 Å². The van der Waals surface area contributed by atoms with Gasteiger partial charge in [-0.15, -0.1) is 0 Å². The molecule has 0 unspecified atom stereocenters. The predicted molar refractivity (Wildman–Crippen MR) is 92.2 cm³/mol. The Balaban J connectivity index is 2.00. The van der Waals surface area contributed by atoms with Gasteiger partial charge in [-0.2, -0.15) is 10.5 Å². The van der Waals surface area contributed by atoms with E-state index in [1.54, 1.807) is 18.2 Å². The van der Waals surface area contributed by atoms with E-state index in [1.165, 1.54) is 32.1 Å². The summed E-state index contributed by atoms with van der Waals surface area (Å²) in [6, 6.07) is 13.5. The summed E-state index contributed by atoms with van der Waals surface area (Å²) in [7, 11) is 0. The van der Waals surface area contributed by atoms with Crippen LogP contribution in [0.5, 0.6) is 5.75 Å². The zero-order valence-corrected chi connectivity index (χ0v) is 13.6. The van der Waals surface area contributed by atoms with Crippen LogP contribution in [0.15, 0.2) is 30.3 Å². The zero-order chi connectivity index (χ0) is 16.5. The lowest BCUT2D eigenvalue weighted by Crippen LogP contribution is -1.99. The van der Waals surface area contributed by atoms with Crippen molar-refractivity contribution in [2.24, 2.45) is 0 Å². The molecule has 0 atom stereocenters. The first-order chi connectivity index (χ1) is 11.3. The maximum atomic E-state index is 9.31. The van der Waals surface area contributed by atoms with Gasteiger partial charge < -0.3 is 4.74 Å². The van der Waals surface area contributed by atoms with Gasteiger partial charge in [0.1, 0.15) is 11.8 Å². The second kappa shape index (κ2) is 8.81. The monoisotopic (exact) mass is 306 g/mol. The maximum absolute atomic E-state index is 9.31. The highest BCUT2D eigenvalue weighted by Gasteiger charge is 2.07. The van der Waals surface area contributed by atoms with E-state index in [1.807, 2.05) is 12.1 Å². The lowest BCUT2D eigenvalue weighted by atomic mass is 10.0. The Kier molecular flexibility index (Phi) is 6.45. The Labute approximate surface area is 138 Å². The Hall–Kier alpha value is -2.52. The highest BCUT2D eigenvalue weighted by molar-refractivity contribution is 5.87. The molecule has 3 heteroatoms. The topological polar surface area (TPSA) is 56.8 Å². The fourth-order valence-electron chi connectivity index (χ4n) is 2.62. The molecule has 2 aromatic rings. The van der Waals surface area contributed by atoms with E-state index in [0.29, 0.717) is 23.5 Å². The van der Waals surface area contributed by atoms with Crippen LogP contribution in [-0.2, 0) is 0 Å². The molecule has 0 fully saturated rings. The van der Waals surface area contributed by atoms with Gasteiger partial charge in [-0.05, 0) is 41.5 Å². The van der Waals surface area contributed by atoms with Crippen molar-refractivity contribution >= 4 is 10.8 Å². The van der Waals surface area contributed by atoms with Crippen LogP contribution >= 0.6 is 0 Å². The van der Waals surface area contributed by atoms with Crippen LogP contribution in [0.4, 0.5) is 0 Å². The average Bonchev–Trinajstić information content (AvgIpc) is 2.59. The standard InChI is InChI=1S/C20H22N2O/c1-2-3-4-5-6-7-10-23-20-13-17-9-8-16(14-21)11-18(17)12-19(20)15-22/h8-9,11-13H,2-7,10H2,1H3. The van der Waals surface area contributed by atoms with Gasteiger partial charge in [-0.25, -0.2) is 0 Å². The summed E-state index contributed by atoms with van der Waals surface area (Å²) < 4.78 is 5.81. The van der Waals surface area contributed by atoms with E-state index in [2.05, 4.69) is 19.1 Å². The molecular formula is C20H22N2O. The van der Waals surface area contributed by atoms with E-state index in [4.69, 9.17) is 10.00 Å². The van der Waals surface area contributed by atoms with Gasteiger partial charge in [-0.1, -0.05) is 45.1 Å². The van der Waals surface area contributed by atoms with Crippen molar-refractivity contribution in [2.45, 2.75) is 45.4 Å². The molecule has 3 nitrogen and oxygen atoms in total. The lowest BCUT2D eigenvalue weighted by molar-refractivity contribution is 0.304. The fourth-order valence-corrected chi connectivity index (χ4v) is 2.62. The molecule has 0 saturated heterocycles. The van der Waals surface area contributed by atoms with Crippen molar-refractivity contribution in [3.63, 3.8) is 0 Å². The Bertz CT molecular complexity index is 738. The minimum Gasteiger partial charge on any atom is -0.492 e. The minimum atomic E-state index is 0.526. The number of fused-ring (bicyclic) bond motifs is 1. The molecular weight excluding hydrogens is 284 g/mol. The molecule has 0 bridgehead atoms. The SMILES string of the molecule is CCCCCCCCOc1cc2ccc(C#N)cc2cc1C#N. The number of benzene rings is 2. The van der Waals surface area contributed by atoms with Crippen LogP contribution in [-0.4, -0.2) is 6.61 Å². The van der Waals surface area contributed by atoms with Crippen molar-refractivity contribution in [1.82, 2.24) is 0 Å². The molecule has 0 aliphatic rings. The van der Waals surface area contributed by atoms with E-state index < -0.39 is 0 Å². The van der Waals surface area contributed by atoms with Crippen LogP contribution < -0.4 is 4.74 Å².